The predicted molar refractivity (Wildman–Crippen MR) is 98.2 cm³/mol. The Kier molecular flexibility index (Phi) is 5.47. The molecule has 0 N–H and O–H groups in total. The molecule has 0 aliphatic carbocycles. The number of ether oxygens (including phenoxy) is 2. The fourth-order valence-electron chi connectivity index (χ4n) is 2.58. The lowest BCUT2D eigenvalue weighted by atomic mass is 10.0. The third-order valence-electron chi connectivity index (χ3n) is 3.93. The van der Waals surface area contributed by atoms with Gasteiger partial charge in [0.05, 0.1) is 7.11 Å². The van der Waals surface area contributed by atoms with E-state index in [1.807, 2.05) is 60.7 Å². The fraction of sp³-hybridized carbons (Fsp3) is 0.136. The minimum Gasteiger partial charge on any atom is -0.493 e. The number of hydrogen-bond acceptors (Lipinski definition) is 3. The first kappa shape index (κ1) is 16.8. The molecule has 3 aromatic rings. The Morgan fingerprint density at radius 2 is 1.44 bits per heavy atom. The molecule has 0 aromatic heterocycles. The number of carbonyl (C=O) groups excluding carboxylic acids is 1. The van der Waals surface area contributed by atoms with Gasteiger partial charge in [-0.2, -0.15) is 0 Å². The van der Waals surface area contributed by atoms with Crippen molar-refractivity contribution in [3.8, 4) is 11.5 Å². The number of ketones is 1. The summed E-state index contributed by atoms with van der Waals surface area (Å²) < 4.78 is 11.2. The lowest BCUT2D eigenvalue weighted by Gasteiger charge is -2.12. The topological polar surface area (TPSA) is 35.5 Å². The van der Waals surface area contributed by atoms with Crippen molar-refractivity contribution in [2.75, 3.05) is 7.11 Å². The number of hydrogen-bond donors (Lipinski definition) is 0. The van der Waals surface area contributed by atoms with Crippen LogP contribution in [0.1, 0.15) is 21.5 Å². The van der Waals surface area contributed by atoms with Crippen LogP contribution in [0.15, 0.2) is 78.9 Å². The summed E-state index contributed by atoms with van der Waals surface area (Å²) in [4.78, 5) is 12.5. The molecule has 0 unspecified atom stereocenters. The first-order valence-corrected chi connectivity index (χ1v) is 8.18. The highest BCUT2D eigenvalue weighted by Gasteiger charge is 2.12. The van der Waals surface area contributed by atoms with Gasteiger partial charge in [0.1, 0.15) is 6.61 Å². The van der Waals surface area contributed by atoms with Gasteiger partial charge in [-0.1, -0.05) is 60.7 Å². The zero-order valence-electron chi connectivity index (χ0n) is 14.1. The molecule has 126 valence electrons. The van der Waals surface area contributed by atoms with Crippen LogP contribution >= 0.6 is 0 Å². The van der Waals surface area contributed by atoms with Gasteiger partial charge in [0.2, 0.25) is 0 Å². The van der Waals surface area contributed by atoms with Crippen molar-refractivity contribution in [3.63, 3.8) is 0 Å². The Balaban J connectivity index is 1.71. The lowest BCUT2D eigenvalue weighted by molar-refractivity contribution is 0.0992. The SMILES string of the molecule is COc1cc(C(=O)Cc2ccccc2)ccc1OCc1ccccc1. The molecule has 3 aromatic carbocycles. The van der Waals surface area contributed by atoms with Crippen molar-refractivity contribution in [1.82, 2.24) is 0 Å². The molecule has 3 nitrogen and oxygen atoms in total. The summed E-state index contributed by atoms with van der Waals surface area (Å²) in [7, 11) is 1.58. The number of benzene rings is 3. The molecule has 25 heavy (non-hydrogen) atoms. The van der Waals surface area contributed by atoms with E-state index in [2.05, 4.69) is 0 Å². The summed E-state index contributed by atoms with van der Waals surface area (Å²) >= 11 is 0. The van der Waals surface area contributed by atoms with E-state index in [9.17, 15) is 4.79 Å². The highest BCUT2D eigenvalue weighted by Crippen LogP contribution is 2.29. The van der Waals surface area contributed by atoms with Gasteiger partial charge in [-0.05, 0) is 29.3 Å². The number of rotatable bonds is 7. The van der Waals surface area contributed by atoms with E-state index in [-0.39, 0.29) is 5.78 Å². The van der Waals surface area contributed by atoms with Crippen LogP contribution in [0.25, 0.3) is 0 Å². The van der Waals surface area contributed by atoms with Gasteiger partial charge in [0.15, 0.2) is 17.3 Å². The summed E-state index contributed by atoms with van der Waals surface area (Å²) in [6.45, 7) is 0.453. The van der Waals surface area contributed by atoms with Crippen LogP contribution in [0.4, 0.5) is 0 Å². The molecule has 0 aliphatic rings. The molecular formula is C22H20O3. The Labute approximate surface area is 147 Å². The molecule has 0 atom stereocenters. The van der Waals surface area contributed by atoms with E-state index >= 15 is 0 Å². The minimum atomic E-state index is 0.0547. The Hall–Kier alpha value is -3.07. The molecule has 0 heterocycles. The molecule has 0 bridgehead atoms. The van der Waals surface area contributed by atoms with Crippen LogP contribution in [0.3, 0.4) is 0 Å². The molecule has 0 amide bonds. The van der Waals surface area contributed by atoms with E-state index in [4.69, 9.17) is 9.47 Å². The third kappa shape index (κ3) is 4.48. The minimum absolute atomic E-state index is 0.0547. The van der Waals surface area contributed by atoms with Crippen LogP contribution in [0.2, 0.25) is 0 Å². The average Bonchev–Trinajstić information content (AvgIpc) is 2.67. The molecule has 3 heteroatoms. The standard InChI is InChI=1S/C22H20O3/c1-24-22-15-19(20(23)14-17-8-4-2-5-9-17)12-13-21(22)25-16-18-10-6-3-7-11-18/h2-13,15H,14,16H2,1H3. The van der Waals surface area contributed by atoms with Crippen LogP contribution in [0, 0.1) is 0 Å². The highest BCUT2D eigenvalue weighted by atomic mass is 16.5. The van der Waals surface area contributed by atoms with Gasteiger partial charge in [-0.25, -0.2) is 0 Å². The van der Waals surface area contributed by atoms with Gasteiger partial charge < -0.3 is 9.47 Å². The summed E-state index contributed by atoms with van der Waals surface area (Å²) in [5.41, 5.74) is 2.69. The molecule has 0 saturated heterocycles. The second-order valence-corrected chi connectivity index (χ2v) is 5.73. The summed E-state index contributed by atoms with van der Waals surface area (Å²) in [5.74, 6) is 1.25. The maximum atomic E-state index is 12.5. The van der Waals surface area contributed by atoms with E-state index < -0.39 is 0 Å². The van der Waals surface area contributed by atoms with Gasteiger partial charge in [0.25, 0.3) is 0 Å². The first-order chi connectivity index (χ1) is 12.3. The third-order valence-corrected chi connectivity index (χ3v) is 3.93. The average molecular weight is 332 g/mol. The Bertz CT molecular complexity index is 826. The zero-order chi connectivity index (χ0) is 17.5. The smallest absolute Gasteiger partial charge is 0.167 e. The summed E-state index contributed by atoms with van der Waals surface area (Å²) in [5, 5.41) is 0. The van der Waals surface area contributed by atoms with Crippen molar-refractivity contribution in [2.24, 2.45) is 0 Å². The molecule has 0 fully saturated rings. The molecular weight excluding hydrogens is 312 g/mol. The second kappa shape index (κ2) is 8.15. The van der Waals surface area contributed by atoms with Gasteiger partial charge in [0, 0.05) is 12.0 Å². The van der Waals surface area contributed by atoms with E-state index in [0.29, 0.717) is 30.1 Å². The maximum Gasteiger partial charge on any atom is 0.167 e. The van der Waals surface area contributed by atoms with Crippen molar-refractivity contribution in [3.05, 3.63) is 95.6 Å². The molecule has 0 spiro atoms. The van der Waals surface area contributed by atoms with Gasteiger partial charge >= 0.3 is 0 Å². The monoisotopic (exact) mass is 332 g/mol. The number of methoxy groups -OCH3 is 1. The lowest BCUT2D eigenvalue weighted by Crippen LogP contribution is -2.05. The number of Topliss-reactive ketones (excluding diaryl/α,β-unsaturated/α-hetero) is 1. The normalized spacial score (nSPS) is 10.3. The number of carbonyl (C=O) groups is 1. The molecule has 0 saturated carbocycles. The Morgan fingerprint density at radius 1 is 0.800 bits per heavy atom. The van der Waals surface area contributed by atoms with Crippen molar-refractivity contribution < 1.29 is 14.3 Å². The van der Waals surface area contributed by atoms with Gasteiger partial charge in [-0.3, -0.25) is 4.79 Å². The van der Waals surface area contributed by atoms with Gasteiger partial charge in [-0.15, -0.1) is 0 Å². The van der Waals surface area contributed by atoms with E-state index in [0.717, 1.165) is 11.1 Å². The largest absolute Gasteiger partial charge is 0.493 e. The predicted octanol–water partition coefficient (Wildman–Crippen LogP) is 4.70. The Morgan fingerprint density at radius 3 is 2.08 bits per heavy atom. The molecule has 3 rings (SSSR count). The van der Waals surface area contributed by atoms with Crippen LogP contribution in [-0.4, -0.2) is 12.9 Å². The summed E-state index contributed by atoms with van der Waals surface area (Å²) in [6, 6.07) is 25.0. The van der Waals surface area contributed by atoms with Crippen LogP contribution in [0.5, 0.6) is 11.5 Å². The fourth-order valence-corrected chi connectivity index (χ4v) is 2.58. The zero-order valence-corrected chi connectivity index (χ0v) is 14.1. The highest BCUT2D eigenvalue weighted by molar-refractivity contribution is 5.98. The van der Waals surface area contributed by atoms with Crippen molar-refractivity contribution >= 4 is 5.78 Å². The molecule has 0 radical (unpaired) electrons. The van der Waals surface area contributed by atoms with Crippen LogP contribution < -0.4 is 9.47 Å². The summed E-state index contributed by atoms with van der Waals surface area (Å²) in [6.07, 6.45) is 0.369. The van der Waals surface area contributed by atoms with Crippen LogP contribution in [-0.2, 0) is 13.0 Å². The van der Waals surface area contributed by atoms with Crippen molar-refractivity contribution in [2.45, 2.75) is 13.0 Å². The second-order valence-electron chi connectivity index (χ2n) is 5.73. The van der Waals surface area contributed by atoms with E-state index in [1.165, 1.54) is 0 Å². The molecule has 0 aliphatic heterocycles. The quantitative estimate of drug-likeness (QED) is 0.588. The van der Waals surface area contributed by atoms with E-state index in [1.54, 1.807) is 25.3 Å². The maximum absolute atomic E-state index is 12.5. The van der Waals surface area contributed by atoms with Crippen molar-refractivity contribution in [1.29, 1.82) is 0 Å². The first-order valence-electron chi connectivity index (χ1n) is 8.18.